The van der Waals surface area contributed by atoms with E-state index >= 15 is 0 Å². The first-order valence-electron chi connectivity index (χ1n) is 7.46. The van der Waals surface area contributed by atoms with Crippen LogP contribution in [0.5, 0.6) is 0 Å². The highest BCUT2D eigenvalue weighted by atomic mass is 15.2. The highest BCUT2D eigenvalue weighted by Gasteiger charge is 2.24. The first-order valence-corrected chi connectivity index (χ1v) is 7.46. The Labute approximate surface area is 106 Å². The van der Waals surface area contributed by atoms with Crippen molar-refractivity contribution in [3.8, 4) is 0 Å². The van der Waals surface area contributed by atoms with E-state index in [1.807, 2.05) is 0 Å². The van der Waals surface area contributed by atoms with Crippen molar-refractivity contribution < 1.29 is 0 Å². The van der Waals surface area contributed by atoms with E-state index in [9.17, 15) is 0 Å². The predicted molar refractivity (Wildman–Crippen MR) is 73.1 cm³/mol. The van der Waals surface area contributed by atoms with E-state index in [1.54, 1.807) is 0 Å². The third kappa shape index (κ3) is 3.94. The lowest BCUT2D eigenvalue weighted by Gasteiger charge is -2.39. The molecule has 0 aromatic carbocycles. The summed E-state index contributed by atoms with van der Waals surface area (Å²) >= 11 is 0. The molecule has 0 radical (unpaired) electrons. The Hall–Kier alpha value is -0.120. The van der Waals surface area contributed by atoms with Crippen molar-refractivity contribution in [2.24, 2.45) is 11.7 Å². The van der Waals surface area contributed by atoms with Crippen LogP contribution in [0.15, 0.2) is 0 Å². The van der Waals surface area contributed by atoms with Crippen molar-refractivity contribution in [2.75, 3.05) is 39.3 Å². The minimum Gasteiger partial charge on any atom is -0.330 e. The van der Waals surface area contributed by atoms with Crippen LogP contribution < -0.4 is 5.73 Å². The second-order valence-corrected chi connectivity index (χ2v) is 5.93. The lowest BCUT2D eigenvalue weighted by molar-refractivity contribution is 0.0991. The molecule has 100 valence electrons. The molecule has 2 fully saturated rings. The van der Waals surface area contributed by atoms with Crippen molar-refractivity contribution in [1.29, 1.82) is 0 Å². The summed E-state index contributed by atoms with van der Waals surface area (Å²) in [5.74, 6) is 0.743. The lowest BCUT2D eigenvalue weighted by atomic mass is 9.93. The van der Waals surface area contributed by atoms with Gasteiger partial charge in [0.15, 0.2) is 0 Å². The summed E-state index contributed by atoms with van der Waals surface area (Å²) in [4.78, 5) is 5.30. The molecule has 3 heteroatoms. The molecule has 0 aliphatic carbocycles. The van der Waals surface area contributed by atoms with Crippen LogP contribution in [0.2, 0.25) is 0 Å². The van der Waals surface area contributed by atoms with Gasteiger partial charge in [-0.15, -0.1) is 0 Å². The second kappa shape index (κ2) is 6.72. The van der Waals surface area contributed by atoms with Gasteiger partial charge in [0.25, 0.3) is 0 Å². The summed E-state index contributed by atoms with van der Waals surface area (Å²) in [6.45, 7) is 9.63. The Bertz CT molecular complexity index is 214. The van der Waals surface area contributed by atoms with E-state index in [1.165, 1.54) is 64.8 Å². The number of nitrogens with two attached hydrogens (primary N) is 1. The molecule has 0 aromatic rings. The van der Waals surface area contributed by atoms with Gasteiger partial charge in [-0.3, -0.25) is 4.90 Å². The SMILES string of the molecule is CC1CCC(CN)CN1CCN1CCCCC1. The summed E-state index contributed by atoms with van der Waals surface area (Å²) in [6.07, 6.45) is 6.91. The fourth-order valence-corrected chi connectivity index (χ4v) is 3.22. The summed E-state index contributed by atoms with van der Waals surface area (Å²) in [5, 5.41) is 0. The zero-order valence-corrected chi connectivity index (χ0v) is 11.4. The zero-order valence-electron chi connectivity index (χ0n) is 11.4. The van der Waals surface area contributed by atoms with Gasteiger partial charge >= 0.3 is 0 Å². The molecule has 17 heavy (non-hydrogen) atoms. The van der Waals surface area contributed by atoms with E-state index in [-0.39, 0.29) is 0 Å². The molecule has 2 heterocycles. The van der Waals surface area contributed by atoms with Gasteiger partial charge in [-0.25, -0.2) is 0 Å². The van der Waals surface area contributed by atoms with E-state index in [0.29, 0.717) is 0 Å². The number of likely N-dealkylation sites (tertiary alicyclic amines) is 2. The largest absolute Gasteiger partial charge is 0.330 e. The Morgan fingerprint density at radius 3 is 2.53 bits per heavy atom. The summed E-state index contributed by atoms with van der Waals surface area (Å²) in [5.41, 5.74) is 5.81. The van der Waals surface area contributed by atoms with E-state index in [0.717, 1.165) is 18.5 Å². The summed E-state index contributed by atoms with van der Waals surface area (Å²) < 4.78 is 0. The molecule has 3 nitrogen and oxygen atoms in total. The molecule has 2 rings (SSSR count). The number of piperidine rings is 2. The number of hydrogen-bond acceptors (Lipinski definition) is 3. The lowest BCUT2D eigenvalue weighted by Crippen LogP contribution is -2.47. The molecule has 0 saturated carbocycles. The molecular weight excluding hydrogens is 210 g/mol. The maximum Gasteiger partial charge on any atom is 0.0112 e. The first-order chi connectivity index (χ1) is 8.29. The molecule has 2 aliphatic rings. The third-order valence-corrected chi connectivity index (χ3v) is 4.59. The molecule has 2 saturated heterocycles. The monoisotopic (exact) mass is 239 g/mol. The van der Waals surface area contributed by atoms with Gasteiger partial charge in [0, 0.05) is 25.7 Å². The molecule has 2 atom stereocenters. The standard InChI is InChI=1S/C14H29N3/c1-13-5-6-14(11-15)12-17(13)10-9-16-7-3-2-4-8-16/h13-14H,2-12,15H2,1H3. The molecule has 0 amide bonds. The predicted octanol–water partition coefficient (Wildman–Crippen LogP) is 1.53. The maximum atomic E-state index is 5.81. The van der Waals surface area contributed by atoms with E-state index in [2.05, 4.69) is 16.7 Å². The van der Waals surface area contributed by atoms with Gasteiger partial charge in [-0.05, 0) is 58.2 Å². The quantitative estimate of drug-likeness (QED) is 0.807. The molecular formula is C14H29N3. The van der Waals surface area contributed by atoms with Crippen LogP contribution in [0.4, 0.5) is 0 Å². The van der Waals surface area contributed by atoms with Gasteiger partial charge in [0.05, 0.1) is 0 Å². The highest BCUT2D eigenvalue weighted by molar-refractivity contribution is 4.80. The van der Waals surface area contributed by atoms with Crippen LogP contribution in [0, 0.1) is 5.92 Å². The fraction of sp³-hybridized carbons (Fsp3) is 1.00. The molecule has 0 aromatic heterocycles. The van der Waals surface area contributed by atoms with Gasteiger partial charge in [0.2, 0.25) is 0 Å². The Morgan fingerprint density at radius 2 is 1.82 bits per heavy atom. The van der Waals surface area contributed by atoms with E-state index < -0.39 is 0 Å². The average Bonchev–Trinajstić information content (AvgIpc) is 2.39. The van der Waals surface area contributed by atoms with Crippen molar-refractivity contribution in [2.45, 2.75) is 45.1 Å². The Morgan fingerprint density at radius 1 is 1.06 bits per heavy atom. The van der Waals surface area contributed by atoms with Crippen molar-refractivity contribution in [1.82, 2.24) is 9.80 Å². The van der Waals surface area contributed by atoms with Crippen LogP contribution in [0.25, 0.3) is 0 Å². The van der Waals surface area contributed by atoms with Gasteiger partial charge in [-0.1, -0.05) is 6.42 Å². The number of hydrogen-bond donors (Lipinski definition) is 1. The normalized spacial score (nSPS) is 32.8. The second-order valence-electron chi connectivity index (χ2n) is 5.93. The van der Waals surface area contributed by atoms with Gasteiger partial charge in [0.1, 0.15) is 0 Å². The number of rotatable bonds is 4. The molecule has 2 N–H and O–H groups in total. The molecule has 2 aliphatic heterocycles. The topological polar surface area (TPSA) is 32.5 Å². The van der Waals surface area contributed by atoms with E-state index in [4.69, 9.17) is 5.73 Å². The maximum absolute atomic E-state index is 5.81. The van der Waals surface area contributed by atoms with Crippen LogP contribution in [-0.2, 0) is 0 Å². The van der Waals surface area contributed by atoms with Gasteiger partial charge < -0.3 is 10.6 Å². The van der Waals surface area contributed by atoms with Crippen LogP contribution in [-0.4, -0.2) is 55.1 Å². The van der Waals surface area contributed by atoms with Gasteiger partial charge in [-0.2, -0.15) is 0 Å². The Balaban J connectivity index is 1.72. The van der Waals surface area contributed by atoms with Crippen LogP contribution in [0.3, 0.4) is 0 Å². The summed E-state index contributed by atoms with van der Waals surface area (Å²) in [6, 6.07) is 0.766. The minimum absolute atomic E-state index is 0.743. The highest BCUT2D eigenvalue weighted by Crippen LogP contribution is 2.21. The average molecular weight is 239 g/mol. The molecule has 0 bridgehead atoms. The molecule has 2 unspecified atom stereocenters. The fourth-order valence-electron chi connectivity index (χ4n) is 3.22. The van der Waals surface area contributed by atoms with Crippen molar-refractivity contribution in [3.63, 3.8) is 0 Å². The smallest absolute Gasteiger partial charge is 0.0112 e. The third-order valence-electron chi connectivity index (χ3n) is 4.59. The zero-order chi connectivity index (χ0) is 12.1. The Kier molecular flexibility index (Phi) is 5.26. The molecule has 0 spiro atoms. The van der Waals surface area contributed by atoms with Crippen LogP contribution >= 0.6 is 0 Å². The first kappa shape index (κ1) is 13.3. The van der Waals surface area contributed by atoms with Crippen molar-refractivity contribution >= 4 is 0 Å². The van der Waals surface area contributed by atoms with Crippen LogP contribution in [0.1, 0.15) is 39.0 Å². The summed E-state index contributed by atoms with van der Waals surface area (Å²) in [7, 11) is 0. The number of nitrogens with zero attached hydrogens (tertiary/aromatic N) is 2. The minimum atomic E-state index is 0.743. The van der Waals surface area contributed by atoms with Crippen molar-refractivity contribution in [3.05, 3.63) is 0 Å².